The van der Waals surface area contributed by atoms with Gasteiger partial charge in [-0.3, -0.25) is 0 Å². The van der Waals surface area contributed by atoms with Crippen LogP contribution in [0.2, 0.25) is 0 Å². The quantitative estimate of drug-likeness (QED) is 0.449. The van der Waals surface area contributed by atoms with Crippen LogP contribution in [0.3, 0.4) is 0 Å². The summed E-state index contributed by atoms with van der Waals surface area (Å²) in [6.45, 7) is 0. The SMILES string of the molecule is FC(F)(F)C(F)(F)C(Br)(C(F)(F)F)C(F)(F)C(F)(F)F. The summed E-state index contributed by atoms with van der Waals surface area (Å²) in [6, 6.07) is 0. The van der Waals surface area contributed by atoms with Crippen LogP contribution in [0, 0.1) is 0 Å². The molecule has 14 heteroatoms. The molecule has 0 spiro atoms. The normalized spacial score (nSPS) is 16.5. The molecule has 0 aliphatic heterocycles. The van der Waals surface area contributed by atoms with Gasteiger partial charge in [0.15, 0.2) is 0 Å². The molecule has 0 bridgehead atoms. The Kier molecular flexibility index (Phi) is 4.43. The summed E-state index contributed by atoms with van der Waals surface area (Å²) in [7, 11) is 0. The maximum absolute atomic E-state index is 12.6. The molecule has 0 aliphatic carbocycles. The van der Waals surface area contributed by atoms with E-state index < -0.39 is 34.7 Å². The molecular weight excluding hydrogens is 399 g/mol. The smallest absolute Gasteiger partial charge is 0.194 e. The number of hydrogen-bond donors (Lipinski definition) is 0. The average Bonchev–Trinajstić information content (AvgIpc) is 2.10. The molecule has 0 N–H and O–H groups in total. The van der Waals surface area contributed by atoms with Crippen molar-refractivity contribution in [2.24, 2.45) is 0 Å². The van der Waals surface area contributed by atoms with Gasteiger partial charge in [0, 0.05) is 0 Å². The van der Waals surface area contributed by atoms with Crippen molar-refractivity contribution in [1.29, 1.82) is 0 Å². The molecule has 0 rings (SSSR count). The fourth-order valence-corrected chi connectivity index (χ4v) is 1.39. The molecule has 0 fully saturated rings. The van der Waals surface area contributed by atoms with Crippen LogP contribution in [0.25, 0.3) is 0 Å². The number of rotatable bonds is 2. The summed E-state index contributed by atoms with van der Waals surface area (Å²) >= 11 is 0.256. The minimum absolute atomic E-state index is 0.256. The lowest BCUT2D eigenvalue weighted by atomic mass is 9.91. The molecule has 0 radical (unpaired) electrons. The fraction of sp³-hybridized carbons (Fsp3) is 1.00. The number of alkyl halides is 14. The van der Waals surface area contributed by atoms with Crippen LogP contribution >= 0.6 is 15.9 Å². The minimum atomic E-state index is -7.46. The molecule has 0 atom stereocenters. The lowest BCUT2D eigenvalue weighted by Gasteiger charge is -2.42. The lowest BCUT2D eigenvalue weighted by molar-refractivity contribution is -0.399. The van der Waals surface area contributed by atoms with Crippen LogP contribution in [0.5, 0.6) is 0 Å². The molecule has 122 valence electrons. The van der Waals surface area contributed by atoms with Crippen LogP contribution in [0.1, 0.15) is 0 Å². The predicted molar refractivity (Wildman–Crippen MR) is 39.7 cm³/mol. The summed E-state index contributed by atoms with van der Waals surface area (Å²) in [5.74, 6) is -14.9. The molecule has 0 nitrogen and oxygen atoms in total. The minimum Gasteiger partial charge on any atom is -0.194 e. The van der Waals surface area contributed by atoms with E-state index in [1.807, 2.05) is 0 Å². The van der Waals surface area contributed by atoms with E-state index in [0.29, 0.717) is 0 Å². The van der Waals surface area contributed by atoms with Crippen molar-refractivity contribution in [3.63, 3.8) is 0 Å². The number of halogens is 14. The van der Waals surface area contributed by atoms with E-state index in [0.717, 1.165) is 0 Å². The average molecular weight is 399 g/mol. The van der Waals surface area contributed by atoms with Gasteiger partial charge in [0.25, 0.3) is 4.32 Å². The third-order valence-electron chi connectivity index (χ3n) is 1.97. The molecule has 20 heavy (non-hydrogen) atoms. The van der Waals surface area contributed by atoms with Gasteiger partial charge in [-0.2, -0.15) is 57.1 Å². The van der Waals surface area contributed by atoms with E-state index in [1.165, 1.54) is 0 Å². The van der Waals surface area contributed by atoms with Gasteiger partial charge in [-0.05, 0) is 0 Å². The molecule has 0 aromatic heterocycles. The van der Waals surface area contributed by atoms with E-state index in [-0.39, 0.29) is 15.9 Å². The zero-order chi connectivity index (χ0) is 17.0. The summed E-state index contributed by atoms with van der Waals surface area (Å²) in [4.78, 5) is 0. The maximum Gasteiger partial charge on any atom is 0.455 e. The second-order valence-corrected chi connectivity index (χ2v) is 4.49. The Bertz CT molecular complexity index is 331. The zero-order valence-electron chi connectivity index (χ0n) is 8.29. The fourth-order valence-electron chi connectivity index (χ4n) is 0.944. The Morgan fingerprint density at radius 2 is 0.600 bits per heavy atom. The first-order valence-corrected chi connectivity index (χ1v) is 4.69. The monoisotopic (exact) mass is 398 g/mol. The van der Waals surface area contributed by atoms with Crippen molar-refractivity contribution < 1.29 is 57.1 Å². The first kappa shape index (κ1) is 19.6. The molecule has 0 amide bonds. The Hall–Kier alpha value is -0.430. The first-order chi connectivity index (χ1) is 8.25. The van der Waals surface area contributed by atoms with E-state index in [9.17, 15) is 57.1 Å². The van der Waals surface area contributed by atoms with Crippen molar-refractivity contribution in [3.8, 4) is 0 Å². The third kappa shape index (κ3) is 2.43. The molecule has 0 aliphatic rings. The van der Waals surface area contributed by atoms with Crippen LogP contribution in [-0.4, -0.2) is 34.7 Å². The first-order valence-electron chi connectivity index (χ1n) is 3.90. The van der Waals surface area contributed by atoms with Crippen molar-refractivity contribution in [2.75, 3.05) is 0 Å². The number of hydrogen-bond acceptors (Lipinski definition) is 0. The summed E-state index contributed by atoms with van der Waals surface area (Å²) in [6.07, 6.45) is -21.9. The van der Waals surface area contributed by atoms with Gasteiger partial charge in [-0.15, -0.1) is 0 Å². The van der Waals surface area contributed by atoms with Crippen LogP contribution in [-0.2, 0) is 0 Å². The lowest BCUT2D eigenvalue weighted by Crippen LogP contribution is -2.72. The maximum atomic E-state index is 12.6. The van der Waals surface area contributed by atoms with E-state index >= 15 is 0 Å². The second-order valence-electron chi connectivity index (χ2n) is 3.30. The standard InChI is InChI=1S/C6BrF13/c7-1(4(12,13)14,2(8,9)5(15,16)17)3(10,11)6(18,19)20. The topological polar surface area (TPSA) is 0 Å². The van der Waals surface area contributed by atoms with Gasteiger partial charge in [-0.25, -0.2) is 0 Å². The van der Waals surface area contributed by atoms with E-state index in [2.05, 4.69) is 0 Å². The van der Waals surface area contributed by atoms with Crippen LogP contribution in [0.15, 0.2) is 0 Å². The highest BCUT2D eigenvalue weighted by Crippen LogP contribution is 2.64. The van der Waals surface area contributed by atoms with E-state index in [1.54, 1.807) is 0 Å². The third-order valence-corrected chi connectivity index (χ3v) is 3.41. The Balaban J connectivity index is 6.50. The zero-order valence-corrected chi connectivity index (χ0v) is 9.88. The highest BCUT2D eigenvalue weighted by atomic mass is 79.9. The molecule has 0 aromatic rings. The summed E-state index contributed by atoms with van der Waals surface area (Å²) < 4.78 is 151. The molecule has 0 unspecified atom stereocenters. The van der Waals surface area contributed by atoms with Gasteiger partial charge >= 0.3 is 30.4 Å². The van der Waals surface area contributed by atoms with Gasteiger partial charge in [0.05, 0.1) is 0 Å². The van der Waals surface area contributed by atoms with Gasteiger partial charge in [0.1, 0.15) is 0 Å². The van der Waals surface area contributed by atoms with Crippen molar-refractivity contribution in [1.82, 2.24) is 0 Å². The Morgan fingerprint density at radius 1 is 0.400 bits per heavy atom. The van der Waals surface area contributed by atoms with Crippen molar-refractivity contribution >= 4 is 15.9 Å². The largest absolute Gasteiger partial charge is 0.455 e. The van der Waals surface area contributed by atoms with Gasteiger partial charge < -0.3 is 0 Å². The molecular formula is C6BrF13. The predicted octanol–water partition coefficient (Wildman–Crippen LogP) is 5.08. The second kappa shape index (κ2) is 4.53. The van der Waals surface area contributed by atoms with Gasteiger partial charge in [-0.1, -0.05) is 15.9 Å². The van der Waals surface area contributed by atoms with Crippen LogP contribution in [0.4, 0.5) is 57.1 Å². The Labute approximate surface area is 109 Å². The molecule has 0 heterocycles. The molecule has 0 aromatic carbocycles. The van der Waals surface area contributed by atoms with Crippen LogP contribution < -0.4 is 0 Å². The highest BCUT2D eigenvalue weighted by molar-refractivity contribution is 9.10. The molecule has 0 saturated carbocycles. The summed E-state index contributed by atoms with van der Waals surface area (Å²) in [5, 5.41) is 0. The Morgan fingerprint density at radius 3 is 0.700 bits per heavy atom. The highest BCUT2D eigenvalue weighted by Gasteiger charge is 2.92. The van der Waals surface area contributed by atoms with Crippen molar-refractivity contribution in [3.05, 3.63) is 0 Å². The van der Waals surface area contributed by atoms with Crippen molar-refractivity contribution in [2.45, 2.75) is 34.7 Å². The summed E-state index contributed by atoms with van der Waals surface area (Å²) in [5.41, 5.74) is 0. The van der Waals surface area contributed by atoms with E-state index in [4.69, 9.17) is 0 Å². The molecule has 0 saturated heterocycles. The van der Waals surface area contributed by atoms with Gasteiger partial charge in [0.2, 0.25) is 0 Å².